The molecule has 110 valence electrons. The predicted molar refractivity (Wildman–Crippen MR) is 74.1 cm³/mol. The van der Waals surface area contributed by atoms with Crippen LogP contribution in [-0.4, -0.2) is 36.5 Å². The van der Waals surface area contributed by atoms with Crippen molar-refractivity contribution in [1.29, 1.82) is 0 Å². The Morgan fingerprint density at radius 2 is 2.19 bits per heavy atom. The highest BCUT2D eigenvalue weighted by Crippen LogP contribution is 2.27. The Morgan fingerprint density at radius 1 is 1.38 bits per heavy atom. The molecule has 2 aromatic rings. The molecule has 1 fully saturated rings. The van der Waals surface area contributed by atoms with Gasteiger partial charge in [-0.3, -0.25) is 15.0 Å². The molecule has 7 nitrogen and oxygen atoms in total. The first-order chi connectivity index (χ1) is 10.2. The zero-order valence-corrected chi connectivity index (χ0v) is 11.3. The number of carbonyl (C=O) groups excluding carboxylic acids is 2. The zero-order chi connectivity index (χ0) is 14.8. The van der Waals surface area contributed by atoms with Gasteiger partial charge in [-0.05, 0) is 6.07 Å². The number of ether oxygens (including phenoxy) is 1. The van der Waals surface area contributed by atoms with Gasteiger partial charge in [-0.2, -0.15) is 0 Å². The van der Waals surface area contributed by atoms with Gasteiger partial charge in [0.1, 0.15) is 18.0 Å². The van der Waals surface area contributed by atoms with Crippen molar-refractivity contribution in [3.05, 3.63) is 35.6 Å². The third-order valence-electron chi connectivity index (χ3n) is 3.44. The Hall–Kier alpha value is -2.38. The summed E-state index contributed by atoms with van der Waals surface area (Å²) in [5.41, 5.74) is 3.08. The van der Waals surface area contributed by atoms with E-state index in [0.717, 1.165) is 0 Å². The molecule has 1 aliphatic heterocycles. The van der Waals surface area contributed by atoms with Crippen LogP contribution in [0.3, 0.4) is 0 Å². The SMILES string of the molecule is NNC(=O)c1c(CN2CCOCC2=O)oc2ccccc12. The second-order valence-electron chi connectivity index (χ2n) is 4.74. The van der Waals surface area contributed by atoms with Crippen molar-refractivity contribution >= 4 is 22.8 Å². The van der Waals surface area contributed by atoms with Crippen molar-refractivity contribution in [2.45, 2.75) is 6.54 Å². The maximum absolute atomic E-state index is 12.0. The van der Waals surface area contributed by atoms with Gasteiger partial charge in [-0.25, -0.2) is 5.84 Å². The third-order valence-corrected chi connectivity index (χ3v) is 3.44. The number of amides is 2. The number of nitrogen functional groups attached to an aromatic ring is 1. The lowest BCUT2D eigenvalue weighted by atomic mass is 10.1. The topological polar surface area (TPSA) is 97.8 Å². The van der Waals surface area contributed by atoms with Gasteiger partial charge < -0.3 is 14.1 Å². The van der Waals surface area contributed by atoms with Crippen molar-refractivity contribution in [1.82, 2.24) is 10.3 Å². The lowest BCUT2D eigenvalue weighted by Gasteiger charge is -2.26. The van der Waals surface area contributed by atoms with E-state index in [1.54, 1.807) is 17.0 Å². The average molecular weight is 289 g/mol. The fourth-order valence-electron chi connectivity index (χ4n) is 2.42. The van der Waals surface area contributed by atoms with Gasteiger partial charge in [-0.15, -0.1) is 0 Å². The fourth-order valence-corrected chi connectivity index (χ4v) is 2.42. The molecule has 21 heavy (non-hydrogen) atoms. The maximum Gasteiger partial charge on any atom is 0.269 e. The van der Waals surface area contributed by atoms with E-state index in [9.17, 15) is 9.59 Å². The lowest BCUT2D eigenvalue weighted by molar-refractivity contribution is -0.143. The van der Waals surface area contributed by atoms with Gasteiger partial charge in [0.15, 0.2) is 0 Å². The van der Waals surface area contributed by atoms with Crippen LogP contribution in [0.15, 0.2) is 28.7 Å². The molecule has 0 spiro atoms. The molecular weight excluding hydrogens is 274 g/mol. The normalized spacial score (nSPS) is 15.5. The Balaban J connectivity index is 2.00. The van der Waals surface area contributed by atoms with Crippen molar-refractivity contribution in [3.8, 4) is 0 Å². The Bertz CT molecular complexity index is 695. The summed E-state index contributed by atoms with van der Waals surface area (Å²) >= 11 is 0. The molecule has 0 saturated carbocycles. The van der Waals surface area contributed by atoms with E-state index in [1.165, 1.54) is 0 Å². The van der Waals surface area contributed by atoms with Crippen LogP contribution in [0.1, 0.15) is 16.1 Å². The number of hydrogen-bond acceptors (Lipinski definition) is 5. The Kier molecular flexibility index (Phi) is 3.59. The summed E-state index contributed by atoms with van der Waals surface area (Å²) in [6, 6.07) is 7.19. The minimum Gasteiger partial charge on any atom is -0.458 e. The molecule has 2 amide bonds. The molecule has 0 unspecified atom stereocenters. The van der Waals surface area contributed by atoms with Gasteiger partial charge in [0.25, 0.3) is 5.91 Å². The minimum absolute atomic E-state index is 0.0542. The molecule has 3 rings (SSSR count). The number of rotatable bonds is 3. The largest absolute Gasteiger partial charge is 0.458 e. The summed E-state index contributed by atoms with van der Waals surface area (Å²) in [5, 5.41) is 0.677. The summed E-state index contributed by atoms with van der Waals surface area (Å²) in [4.78, 5) is 25.4. The van der Waals surface area contributed by atoms with Crippen LogP contribution in [0.25, 0.3) is 11.0 Å². The van der Waals surface area contributed by atoms with Gasteiger partial charge in [0, 0.05) is 11.9 Å². The molecule has 3 N–H and O–H groups in total. The number of hydrazine groups is 1. The Labute approximate surface area is 120 Å². The second-order valence-corrected chi connectivity index (χ2v) is 4.74. The van der Waals surface area contributed by atoms with E-state index in [4.69, 9.17) is 15.0 Å². The van der Waals surface area contributed by atoms with Crippen LogP contribution in [0.2, 0.25) is 0 Å². The van der Waals surface area contributed by atoms with Crippen LogP contribution in [-0.2, 0) is 16.1 Å². The first-order valence-corrected chi connectivity index (χ1v) is 6.57. The maximum atomic E-state index is 12.0. The quantitative estimate of drug-likeness (QED) is 0.484. The first kappa shape index (κ1) is 13.6. The number of nitrogens with two attached hydrogens (primary N) is 1. The first-order valence-electron chi connectivity index (χ1n) is 6.57. The molecule has 2 heterocycles. The number of fused-ring (bicyclic) bond motifs is 1. The van der Waals surface area contributed by atoms with Crippen LogP contribution >= 0.6 is 0 Å². The summed E-state index contributed by atoms with van der Waals surface area (Å²) in [7, 11) is 0. The molecule has 1 saturated heterocycles. The molecule has 7 heteroatoms. The van der Waals surface area contributed by atoms with E-state index in [-0.39, 0.29) is 19.1 Å². The molecule has 1 aromatic carbocycles. The highest BCUT2D eigenvalue weighted by Gasteiger charge is 2.25. The number of hydrogen-bond donors (Lipinski definition) is 2. The molecule has 0 atom stereocenters. The number of furan rings is 1. The predicted octanol–water partition coefficient (Wildman–Crippen LogP) is 0.395. The number of morpholine rings is 1. The van der Waals surface area contributed by atoms with Crippen molar-refractivity contribution in [3.63, 3.8) is 0 Å². The number of benzene rings is 1. The van der Waals surface area contributed by atoms with Crippen LogP contribution < -0.4 is 11.3 Å². The molecule has 1 aliphatic rings. The summed E-state index contributed by atoms with van der Waals surface area (Å²) in [6.07, 6.45) is 0. The minimum atomic E-state index is -0.435. The number of carbonyl (C=O) groups is 2. The standard InChI is InChI=1S/C14H15N3O4/c15-16-14(19)13-9-3-1-2-4-10(9)21-11(13)7-17-5-6-20-8-12(17)18/h1-4H,5-8,15H2,(H,16,19). The molecular formula is C14H15N3O4. The second kappa shape index (κ2) is 5.55. The summed E-state index contributed by atoms with van der Waals surface area (Å²) in [5.74, 6) is 5.11. The smallest absolute Gasteiger partial charge is 0.269 e. The van der Waals surface area contributed by atoms with Crippen molar-refractivity contribution in [2.24, 2.45) is 5.84 Å². The van der Waals surface area contributed by atoms with Gasteiger partial charge in [-0.1, -0.05) is 18.2 Å². The highest BCUT2D eigenvalue weighted by molar-refractivity contribution is 6.07. The fraction of sp³-hybridized carbons (Fsp3) is 0.286. The summed E-state index contributed by atoms with van der Waals surface area (Å²) in [6.45, 7) is 1.22. The van der Waals surface area contributed by atoms with Crippen LogP contribution in [0.5, 0.6) is 0 Å². The Morgan fingerprint density at radius 3 is 2.95 bits per heavy atom. The van der Waals surface area contributed by atoms with E-state index >= 15 is 0 Å². The van der Waals surface area contributed by atoms with Gasteiger partial charge in [0.2, 0.25) is 5.91 Å². The highest BCUT2D eigenvalue weighted by atomic mass is 16.5. The molecule has 0 radical (unpaired) electrons. The van der Waals surface area contributed by atoms with Gasteiger partial charge in [0.05, 0.1) is 18.7 Å². The van der Waals surface area contributed by atoms with E-state index in [0.29, 0.717) is 35.4 Å². The van der Waals surface area contributed by atoms with E-state index in [1.807, 2.05) is 12.1 Å². The van der Waals surface area contributed by atoms with Crippen molar-refractivity contribution < 1.29 is 18.7 Å². The van der Waals surface area contributed by atoms with Crippen LogP contribution in [0.4, 0.5) is 0 Å². The van der Waals surface area contributed by atoms with Crippen LogP contribution in [0, 0.1) is 0 Å². The molecule has 1 aromatic heterocycles. The summed E-state index contributed by atoms with van der Waals surface area (Å²) < 4.78 is 10.8. The lowest BCUT2D eigenvalue weighted by Crippen LogP contribution is -2.41. The average Bonchev–Trinajstić information content (AvgIpc) is 2.87. The number of nitrogens with one attached hydrogen (secondary N) is 1. The van der Waals surface area contributed by atoms with Crippen molar-refractivity contribution in [2.75, 3.05) is 19.8 Å². The van der Waals surface area contributed by atoms with E-state index < -0.39 is 5.91 Å². The third kappa shape index (κ3) is 2.48. The van der Waals surface area contributed by atoms with Gasteiger partial charge >= 0.3 is 0 Å². The zero-order valence-electron chi connectivity index (χ0n) is 11.3. The number of para-hydroxylation sites is 1. The monoisotopic (exact) mass is 289 g/mol. The molecule has 0 bridgehead atoms. The van der Waals surface area contributed by atoms with E-state index in [2.05, 4.69) is 5.43 Å². The number of nitrogens with zero attached hydrogens (tertiary/aromatic N) is 1. The molecule has 0 aliphatic carbocycles.